The first-order valence-electron chi connectivity index (χ1n) is 5.59. The molecule has 1 nitrogen and oxygen atoms in total. The molecule has 0 amide bonds. The second-order valence-corrected chi connectivity index (χ2v) is 5.06. The van der Waals surface area contributed by atoms with Gasteiger partial charge in [-0.2, -0.15) is 11.3 Å². The van der Waals surface area contributed by atoms with E-state index >= 15 is 0 Å². The number of hydrogen-bond acceptors (Lipinski definition) is 2. The molecule has 0 aliphatic heterocycles. The van der Waals surface area contributed by atoms with Gasteiger partial charge >= 0.3 is 0 Å². The average Bonchev–Trinajstić information content (AvgIpc) is 2.92. The zero-order chi connectivity index (χ0) is 9.97. The van der Waals surface area contributed by atoms with Crippen LogP contribution in [0.4, 0.5) is 0 Å². The molecule has 1 fully saturated rings. The van der Waals surface area contributed by atoms with Crippen LogP contribution in [0.15, 0.2) is 10.8 Å². The summed E-state index contributed by atoms with van der Waals surface area (Å²) in [5, 5.41) is 8.21. The fourth-order valence-electron chi connectivity index (χ4n) is 1.67. The summed E-state index contributed by atoms with van der Waals surface area (Å²) in [5.74, 6) is 0.720. The van der Waals surface area contributed by atoms with E-state index in [0.29, 0.717) is 0 Å². The predicted molar refractivity (Wildman–Crippen MR) is 62.9 cm³/mol. The van der Waals surface area contributed by atoms with E-state index < -0.39 is 0 Å². The van der Waals surface area contributed by atoms with Gasteiger partial charge in [0.15, 0.2) is 0 Å². The van der Waals surface area contributed by atoms with Crippen molar-refractivity contribution in [3.05, 3.63) is 21.9 Å². The third kappa shape index (κ3) is 2.37. The Bertz CT molecular complexity index is 288. The van der Waals surface area contributed by atoms with Crippen LogP contribution in [0.1, 0.15) is 50.2 Å². The molecular weight excluding hydrogens is 190 g/mol. The van der Waals surface area contributed by atoms with E-state index in [1.165, 1.54) is 24.8 Å². The van der Waals surface area contributed by atoms with Gasteiger partial charge in [-0.1, -0.05) is 13.8 Å². The summed E-state index contributed by atoms with van der Waals surface area (Å²) in [5.41, 5.74) is 3.09. The molecule has 1 aromatic heterocycles. The molecule has 14 heavy (non-hydrogen) atoms. The molecule has 0 saturated heterocycles. The van der Waals surface area contributed by atoms with E-state index in [1.54, 1.807) is 5.56 Å². The summed E-state index contributed by atoms with van der Waals surface area (Å²) in [6.45, 7) is 5.66. The SMILES string of the molecule is CCC(C)c1cscc1CNC1CC1. The highest BCUT2D eigenvalue weighted by Crippen LogP contribution is 2.27. The van der Waals surface area contributed by atoms with Gasteiger partial charge in [-0.05, 0) is 47.1 Å². The molecule has 1 saturated carbocycles. The van der Waals surface area contributed by atoms with E-state index in [1.807, 2.05) is 11.3 Å². The van der Waals surface area contributed by atoms with E-state index in [-0.39, 0.29) is 0 Å². The van der Waals surface area contributed by atoms with E-state index in [2.05, 4.69) is 29.9 Å². The van der Waals surface area contributed by atoms with E-state index in [4.69, 9.17) is 0 Å². The third-order valence-electron chi connectivity index (χ3n) is 3.08. The van der Waals surface area contributed by atoms with Gasteiger partial charge < -0.3 is 5.32 Å². The lowest BCUT2D eigenvalue weighted by molar-refractivity contribution is 0.665. The summed E-state index contributed by atoms with van der Waals surface area (Å²) in [6.07, 6.45) is 4.00. The molecule has 0 aromatic carbocycles. The quantitative estimate of drug-likeness (QED) is 0.782. The Hall–Kier alpha value is -0.340. The van der Waals surface area contributed by atoms with E-state index in [9.17, 15) is 0 Å². The molecule has 0 bridgehead atoms. The Labute approximate surface area is 90.5 Å². The number of nitrogens with one attached hydrogen (secondary N) is 1. The fourth-order valence-corrected chi connectivity index (χ4v) is 2.65. The van der Waals surface area contributed by atoms with Crippen molar-refractivity contribution in [3.63, 3.8) is 0 Å². The first-order chi connectivity index (χ1) is 6.81. The van der Waals surface area contributed by atoms with Crippen molar-refractivity contribution in [2.75, 3.05) is 0 Å². The van der Waals surface area contributed by atoms with Gasteiger partial charge in [0, 0.05) is 12.6 Å². The molecule has 1 atom stereocenters. The van der Waals surface area contributed by atoms with Crippen LogP contribution in [0.2, 0.25) is 0 Å². The minimum absolute atomic E-state index is 0.720. The molecule has 1 aliphatic carbocycles. The van der Waals surface area contributed by atoms with Crippen LogP contribution in [0, 0.1) is 0 Å². The van der Waals surface area contributed by atoms with Gasteiger partial charge in [0.25, 0.3) is 0 Å². The smallest absolute Gasteiger partial charge is 0.0219 e. The maximum Gasteiger partial charge on any atom is 0.0219 e. The monoisotopic (exact) mass is 209 g/mol. The van der Waals surface area contributed by atoms with Crippen molar-refractivity contribution >= 4 is 11.3 Å². The molecule has 1 heterocycles. The molecule has 2 heteroatoms. The Morgan fingerprint density at radius 3 is 2.93 bits per heavy atom. The molecular formula is C12H19NS. The standard InChI is InChI=1S/C12H19NS/c1-3-9(2)12-8-14-7-10(12)6-13-11-4-5-11/h7-9,11,13H,3-6H2,1-2H3. The number of rotatable bonds is 5. The second kappa shape index (κ2) is 4.45. The Kier molecular flexibility index (Phi) is 3.24. The number of hydrogen-bond donors (Lipinski definition) is 1. The van der Waals surface area contributed by atoms with Gasteiger partial charge in [-0.25, -0.2) is 0 Å². The van der Waals surface area contributed by atoms with Crippen molar-refractivity contribution in [1.82, 2.24) is 5.32 Å². The van der Waals surface area contributed by atoms with Crippen LogP contribution in [0.25, 0.3) is 0 Å². The van der Waals surface area contributed by atoms with Crippen LogP contribution in [0.3, 0.4) is 0 Å². The Morgan fingerprint density at radius 2 is 2.29 bits per heavy atom. The van der Waals surface area contributed by atoms with Crippen molar-refractivity contribution in [2.24, 2.45) is 0 Å². The first kappa shape index (κ1) is 10.2. The van der Waals surface area contributed by atoms with Gasteiger partial charge in [0.2, 0.25) is 0 Å². The van der Waals surface area contributed by atoms with Gasteiger partial charge in [-0.15, -0.1) is 0 Å². The molecule has 0 spiro atoms. The van der Waals surface area contributed by atoms with Crippen LogP contribution < -0.4 is 5.32 Å². The largest absolute Gasteiger partial charge is 0.310 e. The van der Waals surface area contributed by atoms with Gasteiger partial charge in [0.05, 0.1) is 0 Å². The van der Waals surface area contributed by atoms with Crippen LogP contribution in [-0.2, 0) is 6.54 Å². The lowest BCUT2D eigenvalue weighted by Crippen LogP contribution is -2.16. The second-order valence-electron chi connectivity index (χ2n) is 4.32. The summed E-state index contributed by atoms with van der Waals surface area (Å²) >= 11 is 1.84. The molecule has 0 radical (unpaired) electrons. The average molecular weight is 209 g/mol. The molecule has 1 N–H and O–H groups in total. The maximum absolute atomic E-state index is 3.59. The zero-order valence-corrected chi connectivity index (χ0v) is 9.86. The highest BCUT2D eigenvalue weighted by Gasteiger charge is 2.21. The molecule has 2 rings (SSSR count). The summed E-state index contributed by atoms with van der Waals surface area (Å²) in [4.78, 5) is 0. The predicted octanol–water partition coefficient (Wildman–Crippen LogP) is 3.51. The first-order valence-corrected chi connectivity index (χ1v) is 6.54. The highest BCUT2D eigenvalue weighted by molar-refractivity contribution is 7.08. The molecule has 1 unspecified atom stereocenters. The zero-order valence-electron chi connectivity index (χ0n) is 9.05. The van der Waals surface area contributed by atoms with Crippen molar-refractivity contribution in [2.45, 2.75) is 51.6 Å². The topological polar surface area (TPSA) is 12.0 Å². The molecule has 1 aliphatic rings. The Balaban J connectivity index is 1.96. The van der Waals surface area contributed by atoms with E-state index in [0.717, 1.165) is 18.5 Å². The summed E-state index contributed by atoms with van der Waals surface area (Å²) in [6, 6.07) is 0.819. The van der Waals surface area contributed by atoms with Crippen LogP contribution >= 0.6 is 11.3 Å². The van der Waals surface area contributed by atoms with Gasteiger partial charge in [-0.3, -0.25) is 0 Å². The summed E-state index contributed by atoms with van der Waals surface area (Å²) < 4.78 is 0. The molecule has 78 valence electrons. The minimum Gasteiger partial charge on any atom is -0.310 e. The molecule has 1 aromatic rings. The fraction of sp³-hybridized carbons (Fsp3) is 0.667. The normalized spacial score (nSPS) is 18.4. The number of thiophene rings is 1. The summed E-state index contributed by atoms with van der Waals surface area (Å²) in [7, 11) is 0. The van der Waals surface area contributed by atoms with Crippen LogP contribution in [-0.4, -0.2) is 6.04 Å². The van der Waals surface area contributed by atoms with Crippen molar-refractivity contribution < 1.29 is 0 Å². The maximum atomic E-state index is 3.59. The van der Waals surface area contributed by atoms with Crippen molar-refractivity contribution in [1.29, 1.82) is 0 Å². The third-order valence-corrected chi connectivity index (χ3v) is 3.89. The lowest BCUT2D eigenvalue weighted by Gasteiger charge is -2.10. The highest BCUT2D eigenvalue weighted by atomic mass is 32.1. The van der Waals surface area contributed by atoms with Crippen molar-refractivity contribution in [3.8, 4) is 0 Å². The van der Waals surface area contributed by atoms with Crippen LogP contribution in [0.5, 0.6) is 0 Å². The lowest BCUT2D eigenvalue weighted by atomic mass is 9.98. The van der Waals surface area contributed by atoms with Gasteiger partial charge in [0.1, 0.15) is 0 Å². The Morgan fingerprint density at radius 1 is 1.50 bits per heavy atom. The minimum atomic E-state index is 0.720.